The predicted molar refractivity (Wildman–Crippen MR) is 56.0 cm³/mol. The van der Waals surface area contributed by atoms with Crippen molar-refractivity contribution in [1.82, 2.24) is 15.4 Å². The van der Waals surface area contributed by atoms with E-state index in [0.29, 0.717) is 6.42 Å². The van der Waals surface area contributed by atoms with Crippen molar-refractivity contribution in [2.45, 2.75) is 39.0 Å². The Morgan fingerprint density at radius 1 is 1.41 bits per heavy atom. The van der Waals surface area contributed by atoms with Gasteiger partial charge in [0.25, 0.3) is 0 Å². The molecular formula is C10H15F2N3O2. The van der Waals surface area contributed by atoms with Crippen LogP contribution in [0.1, 0.15) is 48.8 Å². The molecule has 5 nitrogen and oxygen atoms in total. The fourth-order valence-corrected chi connectivity index (χ4v) is 1.56. The summed E-state index contributed by atoms with van der Waals surface area (Å²) >= 11 is 0. The highest BCUT2D eigenvalue weighted by atomic mass is 19.3. The maximum atomic E-state index is 12.4. The molecule has 0 aliphatic carbocycles. The van der Waals surface area contributed by atoms with Gasteiger partial charge in [-0.05, 0) is 13.3 Å². The molecule has 0 radical (unpaired) electrons. The van der Waals surface area contributed by atoms with E-state index in [9.17, 15) is 13.6 Å². The molecule has 0 saturated heterocycles. The second kappa shape index (κ2) is 6.27. The standard InChI is InChI=1S/C10H15F2N3O2/c1-3-6(5-7(11)12)8-9(14-15-13-8)10(16)17-4-2/h6-7H,3-5H2,1-2H3,(H,13,14,15). The fraction of sp³-hybridized carbons (Fsp3) is 0.700. The van der Waals surface area contributed by atoms with E-state index in [2.05, 4.69) is 15.4 Å². The molecule has 0 amide bonds. The molecule has 0 aliphatic heterocycles. The molecule has 17 heavy (non-hydrogen) atoms. The number of halogens is 2. The van der Waals surface area contributed by atoms with Crippen LogP contribution in [0, 0.1) is 0 Å². The molecule has 96 valence electrons. The van der Waals surface area contributed by atoms with Crippen molar-refractivity contribution in [1.29, 1.82) is 0 Å². The summed E-state index contributed by atoms with van der Waals surface area (Å²) < 4.78 is 29.5. The van der Waals surface area contributed by atoms with Gasteiger partial charge in [0.05, 0.1) is 6.61 Å². The lowest BCUT2D eigenvalue weighted by Gasteiger charge is -2.12. The summed E-state index contributed by atoms with van der Waals surface area (Å²) in [5, 5.41) is 9.71. The molecule has 0 spiro atoms. The van der Waals surface area contributed by atoms with E-state index in [1.54, 1.807) is 13.8 Å². The van der Waals surface area contributed by atoms with E-state index in [1.165, 1.54) is 0 Å². The van der Waals surface area contributed by atoms with Crippen LogP contribution in [0.2, 0.25) is 0 Å². The molecule has 1 N–H and O–H groups in total. The van der Waals surface area contributed by atoms with Gasteiger partial charge in [0.1, 0.15) is 5.69 Å². The van der Waals surface area contributed by atoms with E-state index in [4.69, 9.17) is 4.74 Å². The van der Waals surface area contributed by atoms with Gasteiger partial charge in [-0.1, -0.05) is 6.92 Å². The number of carbonyl (C=O) groups is 1. The summed E-state index contributed by atoms with van der Waals surface area (Å²) in [5.74, 6) is -1.13. The summed E-state index contributed by atoms with van der Waals surface area (Å²) in [5.41, 5.74) is 0.255. The van der Waals surface area contributed by atoms with E-state index in [1.807, 2.05) is 0 Å². The smallest absolute Gasteiger partial charge is 0.360 e. The molecule has 1 atom stereocenters. The fourth-order valence-electron chi connectivity index (χ4n) is 1.56. The molecule has 0 fully saturated rings. The van der Waals surface area contributed by atoms with Crippen molar-refractivity contribution in [2.75, 3.05) is 6.61 Å². The number of ether oxygens (including phenoxy) is 1. The summed E-state index contributed by atoms with van der Waals surface area (Å²) in [6.07, 6.45) is -2.31. The zero-order chi connectivity index (χ0) is 12.8. The highest BCUT2D eigenvalue weighted by Crippen LogP contribution is 2.26. The Hall–Kier alpha value is -1.53. The maximum absolute atomic E-state index is 12.4. The van der Waals surface area contributed by atoms with E-state index in [-0.39, 0.29) is 24.4 Å². The molecule has 1 aromatic heterocycles. The predicted octanol–water partition coefficient (Wildman–Crippen LogP) is 2.13. The molecule has 1 heterocycles. The van der Waals surface area contributed by atoms with Crippen LogP contribution in [0.5, 0.6) is 0 Å². The Balaban J connectivity index is 2.88. The summed E-state index contributed by atoms with van der Waals surface area (Å²) in [7, 11) is 0. The first-order valence-electron chi connectivity index (χ1n) is 5.46. The Labute approximate surface area is 97.5 Å². The number of nitrogens with zero attached hydrogens (tertiary/aromatic N) is 2. The second-order valence-electron chi connectivity index (χ2n) is 3.51. The van der Waals surface area contributed by atoms with Gasteiger partial charge >= 0.3 is 5.97 Å². The molecule has 0 saturated carbocycles. The van der Waals surface area contributed by atoms with Crippen molar-refractivity contribution >= 4 is 5.97 Å². The number of alkyl halides is 2. The molecular weight excluding hydrogens is 232 g/mol. The molecule has 0 bridgehead atoms. The van der Waals surface area contributed by atoms with Gasteiger partial charge in [0.2, 0.25) is 6.43 Å². The van der Waals surface area contributed by atoms with Gasteiger partial charge in [-0.25, -0.2) is 13.6 Å². The zero-order valence-corrected chi connectivity index (χ0v) is 9.74. The van der Waals surface area contributed by atoms with Crippen LogP contribution in [-0.2, 0) is 4.74 Å². The van der Waals surface area contributed by atoms with Crippen LogP contribution in [0.15, 0.2) is 0 Å². The molecule has 0 aliphatic rings. The average molecular weight is 247 g/mol. The van der Waals surface area contributed by atoms with Crippen LogP contribution in [0.4, 0.5) is 8.78 Å². The number of carbonyl (C=O) groups excluding carboxylic acids is 1. The minimum Gasteiger partial charge on any atom is -0.461 e. The van der Waals surface area contributed by atoms with Crippen molar-refractivity contribution in [2.24, 2.45) is 0 Å². The monoisotopic (exact) mass is 247 g/mol. The SMILES string of the molecule is CCOC(=O)c1n[nH]nc1C(CC)CC(F)F. The highest BCUT2D eigenvalue weighted by Gasteiger charge is 2.26. The van der Waals surface area contributed by atoms with Crippen LogP contribution < -0.4 is 0 Å². The highest BCUT2D eigenvalue weighted by molar-refractivity contribution is 5.88. The Morgan fingerprint density at radius 3 is 2.65 bits per heavy atom. The van der Waals surface area contributed by atoms with Crippen molar-refractivity contribution in [3.8, 4) is 0 Å². The molecule has 1 unspecified atom stereocenters. The first-order valence-corrected chi connectivity index (χ1v) is 5.46. The number of aromatic nitrogens is 3. The summed E-state index contributed by atoms with van der Waals surface area (Å²) in [6, 6.07) is 0. The normalized spacial score (nSPS) is 12.8. The minimum atomic E-state index is -2.44. The third-order valence-electron chi connectivity index (χ3n) is 2.39. The maximum Gasteiger partial charge on any atom is 0.360 e. The van der Waals surface area contributed by atoms with Gasteiger partial charge < -0.3 is 4.74 Å². The first-order chi connectivity index (χ1) is 8.10. The van der Waals surface area contributed by atoms with E-state index < -0.39 is 18.3 Å². The van der Waals surface area contributed by atoms with Crippen molar-refractivity contribution in [3.63, 3.8) is 0 Å². The number of hydrogen-bond acceptors (Lipinski definition) is 4. The van der Waals surface area contributed by atoms with Gasteiger partial charge in [0, 0.05) is 12.3 Å². The largest absolute Gasteiger partial charge is 0.461 e. The number of nitrogens with one attached hydrogen (secondary N) is 1. The Kier molecular flexibility index (Phi) is 4.99. The lowest BCUT2D eigenvalue weighted by atomic mass is 9.97. The lowest BCUT2D eigenvalue weighted by molar-refractivity contribution is 0.0515. The van der Waals surface area contributed by atoms with Gasteiger partial charge in [-0.2, -0.15) is 10.3 Å². The summed E-state index contributed by atoms with van der Waals surface area (Å²) in [4.78, 5) is 11.5. The quantitative estimate of drug-likeness (QED) is 0.782. The van der Waals surface area contributed by atoms with Crippen molar-refractivity contribution < 1.29 is 18.3 Å². The number of H-pyrrole nitrogens is 1. The third kappa shape index (κ3) is 3.47. The Bertz CT molecular complexity index is 368. The van der Waals surface area contributed by atoms with Crippen LogP contribution in [0.3, 0.4) is 0 Å². The zero-order valence-electron chi connectivity index (χ0n) is 9.74. The second-order valence-corrected chi connectivity index (χ2v) is 3.51. The minimum absolute atomic E-state index is 0.000602. The van der Waals surface area contributed by atoms with Gasteiger partial charge in [-0.15, -0.1) is 5.10 Å². The number of aromatic amines is 1. The van der Waals surface area contributed by atoms with Crippen LogP contribution in [-0.4, -0.2) is 34.4 Å². The van der Waals surface area contributed by atoms with Crippen LogP contribution >= 0.6 is 0 Å². The lowest BCUT2D eigenvalue weighted by Crippen LogP contribution is -2.12. The van der Waals surface area contributed by atoms with Crippen molar-refractivity contribution in [3.05, 3.63) is 11.4 Å². The summed E-state index contributed by atoms with van der Waals surface area (Å²) in [6.45, 7) is 3.63. The first kappa shape index (κ1) is 13.5. The number of hydrogen-bond donors (Lipinski definition) is 1. The average Bonchev–Trinajstić information content (AvgIpc) is 2.74. The van der Waals surface area contributed by atoms with Gasteiger partial charge in [0.15, 0.2) is 5.69 Å². The molecule has 7 heteroatoms. The molecule has 1 rings (SSSR count). The van der Waals surface area contributed by atoms with E-state index in [0.717, 1.165) is 0 Å². The van der Waals surface area contributed by atoms with E-state index >= 15 is 0 Å². The molecule has 1 aromatic rings. The Morgan fingerprint density at radius 2 is 2.12 bits per heavy atom. The number of esters is 1. The number of rotatable bonds is 6. The van der Waals surface area contributed by atoms with Gasteiger partial charge in [-0.3, -0.25) is 0 Å². The topological polar surface area (TPSA) is 67.9 Å². The molecule has 0 aromatic carbocycles. The van der Waals surface area contributed by atoms with Crippen LogP contribution in [0.25, 0.3) is 0 Å². The third-order valence-corrected chi connectivity index (χ3v) is 2.39.